The molecule has 4 nitrogen and oxygen atoms in total. The lowest BCUT2D eigenvalue weighted by Gasteiger charge is -2.11. The van der Waals surface area contributed by atoms with Crippen molar-refractivity contribution >= 4 is 11.6 Å². The number of nitrogens with zero attached hydrogens (tertiary/aromatic N) is 1. The van der Waals surface area contributed by atoms with Gasteiger partial charge in [-0.3, -0.25) is 4.79 Å². The highest BCUT2D eigenvalue weighted by Crippen LogP contribution is 2.20. The van der Waals surface area contributed by atoms with E-state index < -0.39 is 0 Å². The monoisotopic (exact) mass is 270 g/mol. The molecule has 0 fully saturated rings. The van der Waals surface area contributed by atoms with Gasteiger partial charge >= 0.3 is 0 Å². The van der Waals surface area contributed by atoms with Crippen LogP contribution in [-0.2, 0) is 0 Å². The van der Waals surface area contributed by atoms with E-state index in [9.17, 15) is 4.79 Å². The number of anilines is 1. The van der Waals surface area contributed by atoms with Crippen molar-refractivity contribution in [2.45, 2.75) is 20.0 Å². The molecule has 20 heavy (non-hydrogen) atoms. The first-order chi connectivity index (χ1) is 9.61. The molecule has 2 aromatic rings. The molecular weight excluding hydrogens is 252 g/mol. The van der Waals surface area contributed by atoms with Crippen molar-refractivity contribution in [3.8, 4) is 5.75 Å². The highest BCUT2D eigenvalue weighted by atomic mass is 16.5. The van der Waals surface area contributed by atoms with Gasteiger partial charge in [-0.25, -0.2) is 4.98 Å². The molecular formula is C16H18N2O2. The molecule has 0 spiro atoms. The molecule has 0 aliphatic carbocycles. The van der Waals surface area contributed by atoms with Gasteiger partial charge in [-0.1, -0.05) is 12.1 Å². The number of nitrogens with one attached hydrogen (secondary N) is 1. The van der Waals surface area contributed by atoms with Crippen LogP contribution in [0.25, 0.3) is 0 Å². The lowest BCUT2D eigenvalue weighted by Crippen LogP contribution is -2.09. The van der Waals surface area contributed by atoms with Crippen LogP contribution in [0, 0.1) is 0 Å². The molecule has 1 aromatic heterocycles. The van der Waals surface area contributed by atoms with Gasteiger partial charge in [0.1, 0.15) is 11.6 Å². The summed E-state index contributed by atoms with van der Waals surface area (Å²) in [7, 11) is 1.75. The van der Waals surface area contributed by atoms with Gasteiger partial charge in [0.05, 0.1) is 11.7 Å². The van der Waals surface area contributed by atoms with E-state index in [4.69, 9.17) is 4.74 Å². The number of rotatable bonds is 5. The molecule has 1 N–H and O–H groups in total. The maximum Gasteiger partial charge on any atom is 0.196 e. The van der Waals surface area contributed by atoms with Gasteiger partial charge in [0.15, 0.2) is 5.78 Å². The summed E-state index contributed by atoms with van der Waals surface area (Å²) in [5.74, 6) is 1.20. The largest absolute Gasteiger partial charge is 0.491 e. The fourth-order valence-corrected chi connectivity index (χ4v) is 1.93. The first-order valence-corrected chi connectivity index (χ1v) is 6.56. The van der Waals surface area contributed by atoms with E-state index >= 15 is 0 Å². The molecule has 2 rings (SSSR count). The fraction of sp³-hybridized carbons (Fsp3) is 0.250. The van der Waals surface area contributed by atoms with Crippen molar-refractivity contribution in [2.24, 2.45) is 0 Å². The SMILES string of the molecule is CNc1ncccc1C(=O)c1cccc(OC(C)C)c1. The third kappa shape index (κ3) is 3.15. The molecule has 104 valence electrons. The van der Waals surface area contributed by atoms with E-state index in [1.807, 2.05) is 26.0 Å². The number of carbonyl (C=O) groups excluding carboxylic acids is 1. The number of ketones is 1. The smallest absolute Gasteiger partial charge is 0.196 e. The van der Waals surface area contributed by atoms with Gasteiger partial charge in [-0.15, -0.1) is 0 Å². The van der Waals surface area contributed by atoms with Crippen molar-refractivity contribution in [3.63, 3.8) is 0 Å². The zero-order valence-corrected chi connectivity index (χ0v) is 11.9. The average molecular weight is 270 g/mol. The first-order valence-electron chi connectivity index (χ1n) is 6.56. The number of pyridine rings is 1. The third-order valence-corrected chi connectivity index (χ3v) is 2.76. The maximum absolute atomic E-state index is 12.5. The summed E-state index contributed by atoms with van der Waals surface area (Å²) in [6.45, 7) is 3.91. The lowest BCUT2D eigenvalue weighted by molar-refractivity contribution is 0.103. The minimum absolute atomic E-state index is 0.0725. The average Bonchev–Trinajstić information content (AvgIpc) is 2.46. The minimum atomic E-state index is -0.0725. The van der Waals surface area contributed by atoms with Gasteiger partial charge in [0.2, 0.25) is 0 Å². The van der Waals surface area contributed by atoms with Crippen LogP contribution in [0.4, 0.5) is 5.82 Å². The van der Waals surface area contributed by atoms with E-state index in [0.717, 1.165) is 0 Å². The Labute approximate surface area is 118 Å². The molecule has 0 amide bonds. The van der Waals surface area contributed by atoms with Gasteiger partial charge in [0, 0.05) is 18.8 Å². The van der Waals surface area contributed by atoms with E-state index in [0.29, 0.717) is 22.7 Å². The summed E-state index contributed by atoms with van der Waals surface area (Å²) in [5, 5.41) is 2.93. The van der Waals surface area contributed by atoms with E-state index in [-0.39, 0.29) is 11.9 Å². The van der Waals surface area contributed by atoms with E-state index in [1.165, 1.54) is 0 Å². The van der Waals surface area contributed by atoms with Crippen LogP contribution >= 0.6 is 0 Å². The first kappa shape index (κ1) is 14.1. The Hall–Kier alpha value is -2.36. The predicted octanol–water partition coefficient (Wildman–Crippen LogP) is 3.14. The second-order valence-electron chi connectivity index (χ2n) is 4.67. The van der Waals surface area contributed by atoms with E-state index in [2.05, 4.69) is 10.3 Å². The zero-order valence-electron chi connectivity index (χ0n) is 11.9. The maximum atomic E-state index is 12.5. The summed E-state index contributed by atoms with van der Waals surface area (Å²) in [5.41, 5.74) is 1.14. The second kappa shape index (κ2) is 6.19. The fourth-order valence-electron chi connectivity index (χ4n) is 1.93. The summed E-state index contributed by atoms with van der Waals surface area (Å²) >= 11 is 0. The number of ether oxygens (including phenoxy) is 1. The molecule has 0 aliphatic heterocycles. The lowest BCUT2D eigenvalue weighted by atomic mass is 10.0. The summed E-state index contributed by atoms with van der Waals surface area (Å²) < 4.78 is 5.61. The molecule has 0 radical (unpaired) electrons. The Bertz CT molecular complexity index is 609. The molecule has 0 unspecified atom stereocenters. The van der Waals surface area contributed by atoms with Crippen molar-refractivity contribution in [2.75, 3.05) is 12.4 Å². The zero-order chi connectivity index (χ0) is 14.5. The van der Waals surface area contributed by atoms with Crippen LogP contribution in [0.2, 0.25) is 0 Å². The standard InChI is InChI=1S/C16H18N2O2/c1-11(2)20-13-7-4-6-12(10-13)15(19)14-8-5-9-18-16(14)17-3/h4-11H,1-3H3,(H,17,18). The molecule has 1 heterocycles. The van der Waals surface area contributed by atoms with Crippen LogP contribution in [0.5, 0.6) is 5.75 Å². The molecule has 0 aliphatic rings. The summed E-state index contributed by atoms with van der Waals surface area (Å²) in [6.07, 6.45) is 1.73. The quantitative estimate of drug-likeness (QED) is 0.848. The Morgan fingerprint density at radius 2 is 2.05 bits per heavy atom. The predicted molar refractivity (Wildman–Crippen MR) is 79.4 cm³/mol. The topological polar surface area (TPSA) is 51.2 Å². The molecule has 1 aromatic carbocycles. The minimum Gasteiger partial charge on any atom is -0.491 e. The van der Waals surface area contributed by atoms with Crippen LogP contribution in [0.15, 0.2) is 42.6 Å². The van der Waals surface area contributed by atoms with Gasteiger partial charge in [0.25, 0.3) is 0 Å². The molecule has 4 heteroatoms. The normalized spacial score (nSPS) is 10.4. The van der Waals surface area contributed by atoms with E-state index in [1.54, 1.807) is 37.5 Å². The van der Waals surface area contributed by atoms with Gasteiger partial charge in [-0.05, 0) is 38.1 Å². The molecule has 0 bridgehead atoms. The number of hydrogen-bond acceptors (Lipinski definition) is 4. The van der Waals surface area contributed by atoms with Crippen LogP contribution in [-0.4, -0.2) is 23.9 Å². The molecule has 0 saturated carbocycles. The van der Waals surface area contributed by atoms with Crippen molar-refractivity contribution in [3.05, 3.63) is 53.7 Å². The molecule has 0 atom stereocenters. The summed E-state index contributed by atoms with van der Waals surface area (Å²) in [4.78, 5) is 16.7. The third-order valence-electron chi connectivity index (χ3n) is 2.76. The van der Waals surface area contributed by atoms with Gasteiger partial charge in [-0.2, -0.15) is 0 Å². The number of carbonyl (C=O) groups is 1. The Morgan fingerprint density at radius 3 is 2.75 bits per heavy atom. The van der Waals surface area contributed by atoms with Crippen LogP contribution in [0.1, 0.15) is 29.8 Å². The van der Waals surface area contributed by atoms with Crippen molar-refractivity contribution in [1.29, 1.82) is 0 Å². The highest BCUT2D eigenvalue weighted by molar-refractivity contribution is 6.11. The highest BCUT2D eigenvalue weighted by Gasteiger charge is 2.14. The number of benzene rings is 1. The van der Waals surface area contributed by atoms with Crippen LogP contribution in [0.3, 0.4) is 0 Å². The number of aromatic nitrogens is 1. The summed E-state index contributed by atoms with van der Waals surface area (Å²) in [6, 6.07) is 10.7. The van der Waals surface area contributed by atoms with Gasteiger partial charge < -0.3 is 10.1 Å². The Kier molecular flexibility index (Phi) is 4.35. The Balaban J connectivity index is 2.33. The number of hydrogen-bond donors (Lipinski definition) is 1. The molecule has 0 saturated heterocycles. The van der Waals surface area contributed by atoms with Crippen LogP contribution < -0.4 is 10.1 Å². The second-order valence-corrected chi connectivity index (χ2v) is 4.67. The Morgan fingerprint density at radius 1 is 1.25 bits per heavy atom. The van der Waals surface area contributed by atoms with Crippen molar-refractivity contribution in [1.82, 2.24) is 4.98 Å². The van der Waals surface area contributed by atoms with Crippen molar-refractivity contribution < 1.29 is 9.53 Å².